The van der Waals surface area contributed by atoms with E-state index in [-0.39, 0.29) is 24.3 Å². The third-order valence-electron chi connectivity index (χ3n) is 4.01. The largest absolute Gasteiger partial charge is 0.323 e. The van der Waals surface area contributed by atoms with Gasteiger partial charge in [0.05, 0.1) is 17.3 Å². The lowest BCUT2D eigenvalue weighted by Gasteiger charge is -2.35. The Morgan fingerprint density at radius 2 is 2.15 bits per heavy atom. The van der Waals surface area contributed by atoms with Crippen LogP contribution in [0.3, 0.4) is 0 Å². The van der Waals surface area contributed by atoms with Crippen LogP contribution in [0.2, 0.25) is 0 Å². The summed E-state index contributed by atoms with van der Waals surface area (Å²) in [4.78, 5) is 28.3. The highest BCUT2D eigenvalue weighted by Gasteiger charge is 2.33. The monoisotopic (exact) mass is 273 g/mol. The molecule has 5 nitrogen and oxygen atoms in total. The third kappa shape index (κ3) is 2.41. The lowest BCUT2D eigenvalue weighted by Crippen LogP contribution is -2.48. The van der Waals surface area contributed by atoms with E-state index in [1.165, 1.54) is 0 Å². The molecule has 0 bridgehead atoms. The van der Waals surface area contributed by atoms with Crippen LogP contribution in [0.25, 0.3) is 0 Å². The quantitative estimate of drug-likeness (QED) is 0.839. The number of anilines is 2. The second kappa shape index (κ2) is 5.25. The zero-order chi connectivity index (χ0) is 14.1. The second-order valence-corrected chi connectivity index (χ2v) is 5.59. The van der Waals surface area contributed by atoms with E-state index in [9.17, 15) is 9.59 Å². The van der Waals surface area contributed by atoms with Gasteiger partial charge in [0.1, 0.15) is 6.54 Å². The van der Waals surface area contributed by atoms with Gasteiger partial charge in [-0.1, -0.05) is 12.1 Å². The molecule has 0 radical (unpaired) electrons. The van der Waals surface area contributed by atoms with Gasteiger partial charge in [-0.2, -0.15) is 0 Å². The molecule has 2 heterocycles. The molecule has 1 fully saturated rings. The highest BCUT2D eigenvalue weighted by atomic mass is 16.2. The summed E-state index contributed by atoms with van der Waals surface area (Å²) in [6, 6.07) is 7.48. The van der Waals surface area contributed by atoms with Gasteiger partial charge in [0, 0.05) is 6.54 Å². The molecule has 0 spiro atoms. The smallest absolute Gasteiger partial charge is 0.244 e. The van der Waals surface area contributed by atoms with Gasteiger partial charge in [0.2, 0.25) is 11.8 Å². The van der Waals surface area contributed by atoms with Gasteiger partial charge < -0.3 is 15.1 Å². The number of hydrogen-bond donors (Lipinski definition) is 1. The van der Waals surface area contributed by atoms with Crippen LogP contribution in [0.4, 0.5) is 11.4 Å². The van der Waals surface area contributed by atoms with Crippen LogP contribution >= 0.6 is 0 Å². The number of para-hydroxylation sites is 2. The topological polar surface area (TPSA) is 52.7 Å². The Kier molecular flexibility index (Phi) is 3.44. The molecule has 1 atom stereocenters. The van der Waals surface area contributed by atoms with Gasteiger partial charge in [0.25, 0.3) is 0 Å². The van der Waals surface area contributed by atoms with E-state index in [2.05, 4.69) is 10.2 Å². The van der Waals surface area contributed by atoms with E-state index in [0.29, 0.717) is 0 Å². The van der Waals surface area contributed by atoms with Crippen molar-refractivity contribution in [3.05, 3.63) is 24.3 Å². The Hall–Kier alpha value is -1.88. The maximum Gasteiger partial charge on any atom is 0.244 e. The highest BCUT2D eigenvalue weighted by molar-refractivity contribution is 6.10. The Morgan fingerprint density at radius 1 is 1.35 bits per heavy atom. The lowest BCUT2D eigenvalue weighted by atomic mass is 9.96. The van der Waals surface area contributed by atoms with E-state index in [1.54, 1.807) is 4.90 Å². The normalized spacial score (nSPS) is 23.1. The first-order valence-electron chi connectivity index (χ1n) is 7.04. The summed E-state index contributed by atoms with van der Waals surface area (Å²) in [5.74, 6) is -0.0622. The summed E-state index contributed by atoms with van der Waals surface area (Å²) in [5.41, 5.74) is 1.53. The summed E-state index contributed by atoms with van der Waals surface area (Å²) in [5, 5.41) is 2.81. The van der Waals surface area contributed by atoms with E-state index in [0.717, 1.165) is 37.3 Å². The lowest BCUT2D eigenvalue weighted by molar-refractivity contribution is -0.126. The van der Waals surface area contributed by atoms with Crippen LogP contribution in [0.15, 0.2) is 24.3 Å². The molecule has 1 N–H and O–H groups in total. The fourth-order valence-electron chi connectivity index (χ4n) is 3.02. The molecule has 0 saturated carbocycles. The molecule has 5 heteroatoms. The predicted molar refractivity (Wildman–Crippen MR) is 77.6 cm³/mol. The van der Waals surface area contributed by atoms with Crippen molar-refractivity contribution >= 4 is 23.2 Å². The van der Waals surface area contributed by atoms with Crippen molar-refractivity contribution in [3.8, 4) is 0 Å². The molecule has 106 valence electrons. The molecule has 0 aliphatic carbocycles. The van der Waals surface area contributed by atoms with Crippen LogP contribution in [0, 0.1) is 5.92 Å². The molecule has 1 aromatic rings. The number of rotatable bonds is 1. The fourth-order valence-corrected chi connectivity index (χ4v) is 3.02. The van der Waals surface area contributed by atoms with Crippen LogP contribution in [0.5, 0.6) is 0 Å². The molecule has 3 rings (SSSR count). The number of piperidine rings is 1. The summed E-state index contributed by atoms with van der Waals surface area (Å²) < 4.78 is 0. The maximum atomic E-state index is 12.7. The number of benzene rings is 1. The van der Waals surface area contributed by atoms with Crippen LogP contribution in [-0.4, -0.2) is 43.4 Å². The predicted octanol–water partition coefficient (Wildman–Crippen LogP) is 1.31. The second-order valence-electron chi connectivity index (χ2n) is 5.59. The average Bonchev–Trinajstić information content (AvgIpc) is 2.45. The van der Waals surface area contributed by atoms with Gasteiger partial charge in [-0.25, -0.2) is 0 Å². The number of carbonyl (C=O) groups excluding carboxylic acids is 2. The SMILES string of the molecule is CN1CCC[C@H](C(=O)N2CC(=O)Nc3ccccc32)C1. The fraction of sp³-hybridized carbons (Fsp3) is 0.467. The Balaban J connectivity index is 1.86. The Morgan fingerprint density at radius 3 is 2.95 bits per heavy atom. The number of amides is 2. The molecule has 2 aliphatic heterocycles. The minimum atomic E-state index is -0.124. The number of nitrogens with zero attached hydrogens (tertiary/aromatic N) is 2. The minimum Gasteiger partial charge on any atom is -0.323 e. The van der Waals surface area contributed by atoms with Crippen molar-refractivity contribution in [2.75, 3.05) is 36.9 Å². The van der Waals surface area contributed by atoms with Crippen molar-refractivity contribution < 1.29 is 9.59 Å². The van der Waals surface area contributed by atoms with E-state index in [1.807, 2.05) is 31.3 Å². The van der Waals surface area contributed by atoms with Crippen molar-refractivity contribution in [3.63, 3.8) is 0 Å². The Bertz CT molecular complexity index is 544. The first kappa shape index (κ1) is 13.1. The van der Waals surface area contributed by atoms with E-state index >= 15 is 0 Å². The standard InChI is InChI=1S/C15H19N3O2/c1-17-8-4-5-11(9-17)15(20)18-10-14(19)16-12-6-2-3-7-13(12)18/h2-3,6-7,11H,4-5,8-10H2,1H3,(H,16,19)/t11-/m0/s1. The summed E-state index contributed by atoms with van der Waals surface area (Å²) in [6.45, 7) is 1.94. The zero-order valence-corrected chi connectivity index (χ0v) is 11.6. The maximum absolute atomic E-state index is 12.7. The first-order chi connectivity index (χ1) is 9.65. The van der Waals surface area contributed by atoms with E-state index < -0.39 is 0 Å². The first-order valence-corrected chi connectivity index (χ1v) is 7.04. The molecular formula is C15H19N3O2. The van der Waals surface area contributed by atoms with Crippen molar-refractivity contribution in [1.29, 1.82) is 0 Å². The van der Waals surface area contributed by atoms with Crippen LogP contribution in [0.1, 0.15) is 12.8 Å². The van der Waals surface area contributed by atoms with Gasteiger partial charge in [-0.05, 0) is 38.6 Å². The number of nitrogens with one attached hydrogen (secondary N) is 1. The highest BCUT2D eigenvalue weighted by Crippen LogP contribution is 2.31. The molecule has 1 saturated heterocycles. The number of likely N-dealkylation sites (tertiary alicyclic amines) is 1. The van der Waals surface area contributed by atoms with Gasteiger partial charge >= 0.3 is 0 Å². The number of hydrogen-bond acceptors (Lipinski definition) is 3. The molecule has 2 amide bonds. The van der Waals surface area contributed by atoms with Gasteiger partial charge in [-0.3, -0.25) is 9.59 Å². The number of carbonyl (C=O) groups is 2. The van der Waals surface area contributed by atoms with Crippen molar-refractivity contribution in [2.45, 2.75) is 12.8 Å². The summed E-state index contributed by atoms with van der Waals surface area (Å²) >= 11 is 0. The van der Waals surface area contributed by atoms with Crippen LogP contribution < -0.4 is 10.2 Å². The van der Waals surface area contributed by atoms with Crippen LogP contribution in [-0.2, 0) is 9.59 Å². The molecule has 20 heavy (non-hydrogen) atoms. The summed E-state index contributed by atoms with van der Waals surface area (Å²) in [6.07, 6.45) is 1.94. The molecule has 0 aromatic heterocycles. The molecule has 0 unspecified atom stereocenters. The Labute approximate surface area is 118 Å². The minimum absolute atomic E-state index is 0.00675. The van der Waals surface area contributed by atoms with Crippen molar-refractivity contribution in [2.24, 2.45) is 5.92 Å². The average molecular weight is 273 g/mol. The molecule has 1 aromatic carbocycles. The number of fused-ring (bicyclic) bond motifs is 1. The zero-order valence-electron chi connectivity index (χ0n) is 11.6. The van der Waals surface area contributed by atoms with E-state index in [4.69, 9.17) is 0 Å². The summed E-state index contributed by atoms with van der Waals surface area (Å²) in [7, 11) is 2.04. The molecular weight excluding hydrogens is 254 g/mol. The van der Waals surface area contributed by atoms with Gasteiger partial charge in [0.15, 0.2) is 0 Å². The third-order valence-corrected chi connectivity index (χ3v) is 4.01. The van der Waals surface area contributed by atoms with Crippen molar-refractivity contribution in [1.82, 2.24) is 4.90 Å². The molecule has 2 aliphatic rings. The van der Waals surface area contributed by atoms with Gasteiger partial charge in [-0.15, -0.1) is 0 Å².